The van der Waals surface area contributed by atoms with Crippen LogP contribution >= 0.6 is 11.6 Å². The summed E-state index contributed by atoms with van der Waals surface area (Å²) in [5.41, 5.74) is 1.85. The molecule has 108 valence electrons. The standard InChI is InChI=1S/C13H18ClN5O/c14-8-16-13-11(12(15)18-3-5-20-6-4-18)17-9-19(13)7-10-1-2-10/h8-10,15H,1-7H2. The number of morpholine rings is 1. The van der Waals surface area contributed by atoms with Gasteiger partial charge in [-0.05, 0) is 18.8 Å². The summed E-state index contributed by atoms with van der Waals surface area (Å²) >= 11 is 5.64. The molecule has 1 aromatic heterocycles. The molecule has 2 aliphatic rings. The lowest BCUT2D eigenvalue weighted by atomic mass is 10.3. The zero-order chi connectivity index (χ0) is 13.9. The lowest BCUT2D eigenvalue weighted by molar-refractivity contribution is 0.0679. The minimum absolute atomic E-state index is 0.403. The summed E-state index contributed by atoms with van der Waals surface area (Å²) in [6, 6.07) is 0. The molecule has 20 heavy (non-hydrogen) atoms. The Morgan fingerprint density at radius 3 is 2.90 bits per heavy atom. The molecule has 1 saturated heterocycles. The van der Waals surface area contributed by atoms with Crippen LogP contribution < -0.4 is 0 Å². The fourth-order valence-electron chi connectivity index (χ4n) is 2.37. The molecule has 6 nitrogen and oxygen atoms in total. The third-order valence-electron chi connectivity index (χ3n) is 3.68. The monoisotopic (exact) mass is 295 g/mol. The predicted molar refractivity (Wildman–Crippen MR) is 78.2 cm³/mol. The van der Waals surface area contributed by atoms with Gasteiger partial charge in [0.15, 0.2) is 11.7 Å². The average Bonchev–Trinajstić information content (AvgIpc) is 3.21. The van der Waals surface area contributed by atoms with E-state index in [4.69, 9.17) is 21.7 Å². The van der Waals surface area contributed by atoms with Crippen LogP contribution in [0.25, 0.3) is 0 Å². The highest BCUT2D eigenvalue weighted by Crippen LogP contribution is 2.33. The smallest absolute Gasteiger partial charge is 0.164 e. The summed E-state index contributed by atoms with van der Waals surface area (Å²) in [5, 5.41) is 8.33. The SMILES string of the molecule is N=C(c1ncn(CC2CC2)c1N=CCl)N1CCOCC1. The van der Waals surface area contributed by atoms with Crippen molar-refractivity contribution in [2.45, 2.75) is 19.4 Å². The van der Waals surface area contributed by atoms with Gasteiger partial charge in [0.25, 0.3) is 0 Å². The Kier molecular flexibility index (Phi) is 4.03. The normalized spacial score (nSPS) is 19.8. The number of amidine groups is 1. The quantitative estimate of drug-likeness (QED) is 0.681. The molecule has 1 N–H and O–H groups in total. The van der Waals surface area contributed by atoms with Crippen molar-refractivity contribution in [3.05, 3.63) is 12.0 Å². The Balaban J connectivity index is 1.83. The largest absolute Gasteiger partial charge is 0.378 e. The Bertz CT molecular complexity index is 517. The maximum atomic E-state index is 8.33. The van der Waals surface area contributed by atoms with Crippen molar-refractivity contribution in [2.75, 3.05) is 26.3 Å². The highest BCUT2D eigenvalue weighted by molar-refractivity contribution is 6.56. The van der Waals surface area contributed by atoms with Crippen LogP contribution in [0.15, 0.2) is 11.3 Å². The second-order valence-corrected chi connectivity index (χ2v) is 5.38. The number of nitrogens with one attached hydrogen (secondary N) is 1. The molecule has 1 saturated carbocycles. The Morgan fingerprint density at radius 2 is 2.25 bits per heavy atom. The van der Waals surface area contributed by atoms with Gasteiger partial charge in [0.2, 0.25) is 0 Å². The molecule has 2 fully saturated rings. The second-order valence-electron chi connectivity index (χ2n) is 5.19. The van der Waals surface area contributed by atoms with Crippen LogP contribution in [0.1, 0.15) is 18.5 Å². The summed E-state index contributed by atoms with van der Waals surface area (Å²) < 4.78 is 7.32. The van der Waals surface area contributed by atoms with Crippen LogP contribution in [-0.2, 0) is 11.3 Å². The van der Waals surface area contributed by atoms with Crippen LogP contribution in [0, 0.1) is 11.3 Å². The van der Waals surface area contributed by atoms with Gasteiger partial charge < -0.3 is 14.2 Å². The molecule has 0 atom stereocenters. The van der Waals surface area contributed by atoms with Gasteiger partial charge in [-0.1, -0.05) is 11.6 Å². The average molecular weight is 296 g/mol. The number of aromatic nitrogens is 2. The van der Waals surface area contributed by atoms with Crippen LogP contribution in [0.4, 0.5) is 5.82 Å². The lowest BCUT2D eigenvalue weighted by Crippen LogP contribution is -2.40. The van der Waals surface area contributed by atoms with Crippen molar-refractivity contribution in [1.29, 1.82) is 5.41 Å². The zero-order valence-corrected chi connectivity index (χ0v) is 12.0. The van der Waals surface area contributed by atoms with E-state index in [1.807, 2.05) is 9.47 Å². The van der Waals surface area contributed by atoms with Crippen LogP contribution in [0.2, 0.25) is 0 Å². The Labute approximate surface area is 122 Å². The van der Waals surface area contributed by atoms with E-state index in [1.54, 1.807) is 6.33 Å². The van der Waals surface area contributed by atoms with Crippen molar-refractivity contribution in [2.24, 2.45) is 10.9 Å². The van der Waals surface area contributed by atoms with Crippen molar-refractivity contribution in [1.82, 2.24) is 14.5 Å². The fraction of sp³-hybridized carbons (Fsp3) is 0.615. The number of ether oxygens (including phenoxy) is 1. The third-order valence-corrected chi connectivity index (χ3v) is 3.78. The van der Waals surface area contributed by atoms with E-state index in [1.165, 1.54) is 18.5 Å². The molecule has 3 rings (SSSR count). The van der Waals surface area contributed by atoms with Gasteiger partial charge in [0.05, 0.1) is 25.2 Å². The van der Waals surface area contributed by atoms with Crippen molar-refractivity contribution >= 4 is 28.9 Å². The van der Waals surface area contributed by atoms with Crippen LogP contribution in [-0.4, -0.2) is 52.3 Å². The van der Waals surface area contributed by atoms with Gasteiger partial charge in [-0.3, -0.25) is 5.41 Å². The first-order chi connectivity index (χ1) is 9.79. The van der Waals surface area contributed by atoms with Gasteiger partial charge in [-0.15, -0.1) is 0 Å². The molecule has 0 unspecified atom stereocenters. The molecular formula is C13H18ClN5O. The second kappa shape index (κ2) is 5.93. The van der Waals surface area contributed by atoms with Crippen molar-refractivity contribution < 1.29 is 4.74 Å². The zero-order valence-electron chi connectivity index (χ0n) is 11.3. The molecule has 1 aromatic rings. The van der Waals surface area contributed by atoms with E-state index in [0.717, 1.165) is 25.6 Å². The minimum atomic E-state index is 0.403. The number of imidazole rings is 1. The van der Waals surface area contributed by atoms with E-state index < -0.39 is 0 Å². The maximum absolute atomic E-state index is 8.33. The number of aliphatic imine (C=N–C) groups is 1. The number of halogens is 1. The highest BCUT2D eigenvalue weighted by Gasteiger charge is 2.26. The molecule has 0 spiro atoms. The highest BCUT2D eigenvalue weighted by atomic mass is 35.5. The first-order valence-corrected chi connectivity index (χ1v) is 7.32. The van der Waals surface area contributed by atoms with Gasteiger partial charge >= 0.3 is 0 Å². The first kappa shape index (κ1) is 13.6. The van der Waals surface area contributed by atoms with Gasteiger partial charge in [0, 0.05) is 19.6 Å². The van der Waals surface area contributed by atoms with E-state index in [9.17, 15) is 0 Å². The molecule has 0 bridgehead atoms. The van der Waals surface area contributed by atoms with E-state index >= 15 is 0 Å². The first-order valence-electron chi connectivity index (χ1n) is 6.89. The van der Waals surface area contributed by atoms with Gasteiger partial charge in [-0.25, -0.2) is 9.98 Å². The number of nitrogens with zero attached hydrogens (tertiary/aromatic N) is 4. The molecular weight excluding hydrogens is 278 g/mol. The molecule has 0 aromatic carbocycles. The lowest BCUT2D eigenvalue weighted by Gasteiger charge is -2.28. The Morgan fingerprint density at radius 1 is 1.50 bits per heavy atom. The minimum Gasteiger partial charge on any atom is -0.378 e. The topological polar surface area (TPSA) is 66.5 Å². The fourth-order valence-corrected chi connectivity index (χ4v) is 2.47. The summed E-state index contributed by atoms with van der Waals surface area (Å²) in [6.45, 7) is 3.65. The van der Waals surface area contributed by atoms with Crippen LogP contribution in [0.3, 0.4) is 0 Å². The van der Waals surface area contributed by atoms with E-state index in [2.05, 4.69) is 9.98 Å². The summed E-state index contributed by atoms with van der Waals surface area (Å²) in [7, 11) is 0. The van der Waals surface area contributed by atoms with Crippen LogP contribution in [0.5, 0.6) is 0 Å². The van der Waals surface area contributed by atoms with Gasteiger partial charge in [0.1, 0.15) is 5.69 Å². The molecule has 0 amide bonds. The molecule has 0 radical (unpaired) electrons. The van der Waals surface area contributed by atoms with E-state index in [0.29, 0.717) is 30.6 Å². The summed E-state index contributed by atoms with van der Waals surface area (Å²) in [6.07, 6.45) is 4.29. The molecule has 7 heteroatoms. The summed E-state index contributed by atoms with van der Waals surface area (Å²) in [4.78, 5) is 10.6. The maximum Gasteiger partial charge on any atom is 0.164 e. The number of hydrogen-bond acceptors (Lipinski definition) is 4. The molecule has 2 heterocycles. The van der Waals surface area contributed by atoms with Gasteiger partial charge in [-0.2, -0.15) is 0 Å². The number of rotatable bonds is 4. The van der Waals surface area contributed by atoms with Crippen molar-refractivity contribution in [3.63, 3.8) is 0 Å². The summed E-state index contributed by atoms with van der Waals surface area (Å²) in [5.74, 6) is 1.81. The Hall–Kier alpha value is -1.40. The van der Waals surface area contributed by atoms with Crippen molar-refractivity contribution in [3.8, 4) is 0 Å². The third kappa shape index (κ3) is 2.86. The number of hydrogen-bond donors (Lipinski definition) is 1. The predicted octanol–water partition coefficient (Wildman–Crippen LogP) is 1.85. The van der Waals surface area contributed by atoms with E-state index in [-0.39, 0.29) is 0 Å². The molecule has 1 aliphatic heterocycles. The molecule has 1 aliphatic carbocycles.